The summed E-state index contributed by atoms with van der Waals surface area (Å²) >= 11 is 0. The second kappa shape index (κ2) is 7.29. The number of unbranched alkanes of at least 4 members (excludes halogenated alkanes) is 2. The van der Waals surface area contributed by atoms with Crippen LogP contribution in [0, 0.1) is 0 Å². The van der Waals surface area contributed by atoms with Crippen LogP contribution in [0.4, 0.5) is 0 Å². The summed E-state index contributed by atoms with van der Waals surface area (Å²) in [4.78, 5) is 11.2. The predicted octanol–water partition coefficient (Wildman–Crippen LogP) is 2.26. The van der Waals surface area contributed by atoms with Crippen LogP contribution in [0.25, 0.3) is 0 Å². The summed E-state index contributed by atoms with van der Waals surface area (Å²) in [6, 6.07) is -0.198. The van der Waals surface area contributed by atoms with Crippen LogP contribution >= 0.6 is 0 Å². The van der Waals surface area contributed by atoms with Gasteiger partial charge in [-0.1, -0.05) is 33.1 Å². The van der Waals surface area contributed by atoms with Gasteiger partial charge >= 0.3 is 0 Å². The van der Waals surface area contributed by atoms with Gasteiger partial charge in [0.05, 0.1) is 6.04 Å². The van der Waals surface area contributed by atoms with E-state index in [1.165, 1.54) is 12.8 Å². The zero-order chi connectivity index (χ0) is 9.40. The highest BCUT2D eigenvalue weighted by Gasteiger charge is 2.10. The van der Waals surface area contributed by atoms with Gasteiger partial charge in [-0.2, -0.15) is 0 Å². The maximum absolute atomic E-state index is 11.2. The van der Waals surface area contributed by atoms with Gasteiger partial charge in [0.2, 0.25) is 0 Å². The summed E-state index contributed by atoms with van der Waals surface area (Å²) in [5.41, 5.74) is 5.69. The minimum atomic E-state index is -0.198. The quantitative estimate of drug-likeness (QED) is 0.597. The van der Waals surface area contributed by atoms with Gasteiger partial charge in [0, 0.05) is 6.42 Å². The highest BCUT2D eigenvalue weighted by Crippen LogP contribution is 2.04. The second-order valence-corrected chi connectivity index (χ2v) is 3.32. The van der Waals surface area contributed by atoms with Crippen molar-refractivity contribution < 1.29 is 4.79 Å². The van der Waals surface area contributed by atoms with E-state index in [-0.39, 0.29) is 11.8 Å². The number of hydrogen-bond acceptors (Lipinski definition) is 2. The number of Topliss-reactive ketones (excluding diaryl/α,β-unsaturated/α-hetero) is 1. The first-order valence-electron chi connectivity index (χ1n) is 5.00. The van der Waals surface area contributed by atoms with Crippen molar-refractivity contribution in [2.75, 3.05) is 0 Å². The average molecular weight is 171 g/mol. The third-order valence-electron chi connectivity index (χ3n) is 2.03. The Balaban J connectivity index is 3.42. The molecule has 0 bridgehead atoms. The molecule has 0 aliphatic rings. The van der Waals surface area contributed by atoms with Crippen molar-refractivity contribution in [3.8, 4) is 0 Å². The molecule has 0 radical (unpaired) electrons. The summed E-state index contributed by atoms with van der Waals surface area (Å²) in [6.07, 6.45) is 5.90. The molecular formula is C10H21NO. The van der Waals surface area contributed by atoms with Crippen molar-refractivity contribution in [3.63, 3.8) is 0 Å². The first-order valence-corrected chi connectivity index (χ1v) is 5.00. The molecule has 0 saturated heterocycles. The Labute approximate surface area is 75.5 Å². The lowest BCUT2D eigenvalue weighted by atomic mass is 10.0. The third kappa shape index (κ3) is 5.30. The van der Waals surface area contributed by atoms with E-state index in [0.717, 1.165) is 19.3 Å². The molecule has 72 valence electrons. The number of ketones is 1. The second-order valence-electron chi connectivity index (χ2n) is 3.32. The minimum absolute atomic E-state index is 0.198. The standard InChI is InChI=1S/C10H21NO/c1-3-5-6-8-9(11)10(12)7-4-2/h9H,3-8,11H2,1-2H3/t9-/m0/s1. The van der Waals surface area contributed by atoms with Crippen molar-refractivity contribution >= 4 is 5.78 Å². The van der Waals surface area contributed by atoms with Crippen LogP contribution in [0.2, 0.25) is 0 Å². The van der Waals surface area contributed by atoms with Crippen molar-refractivity contribution in [2.24, 2.45) is 5.73 Å². The fourth-order valence-corrected chi connectivity index (χ4v) is 1.21. The Morgan fingerprint density at radius 1 is 1.25 bits per heavy atom. The van der Waals surface area contributed by atoms with Crippen LogP contribution in [0.3, 0.4) is 0 Å². The SMILES string of the molecule is CCCCC[C@H](N)C(=O)CCC. The van der Waals surface area contributed by atoms with Gasteiger partial charge in [-0.05, 0) is 12.8 Å². The number of hydrogen-bond donors (Lipinski definition) is 1. The molecule has 12 heavy (non-hydrogen) atoms. The van der Waals surface area contributed by atoms with Gasteiger partial charge < -0.3 is 5.73 Å². The molecule has 0 saturated carbocycles. The van der Waals surface area contributed by atoms with E-state index < -0.39 is 0 Å². The lowest BCUT2D eigenvalue weighted by Crippen LogP contribution is -2.29. The Kier molecular flexibility index (Phi) is 7.06. The maximum Gasteiger partial charge on any atom is 0.149 e. The van der Waals surface area contributed by atoms with Gasteiger partial charge in [0.25, 0.3) is 0 Å². The highest BCUT2D eigenvalue weighted by atomic mass is 16.1. The van der Waals surface area contributed by atoms with E-state index in [2.05, 4.69) is 6.92 Å². The molecule has 0 rings (SSSR count). The van der Waals surface area contributed by atoms with E-state index in [1.807, 2.05) is 6.92 Å². The van der Waals surface area contributed by atoms with Gasteiger partial charge in [-0.25, -0.2) is 0 Å². The summed E-state index contributed by atoms with van der Waals surface area (Å²) in [7, 11) is 0. The van der Waals surface area contributed by atoms with E-state index in [1.54, 1.807) is 0 Å². The van der Waals surface area contributed by atoms with Crippen molar-refractivity contribution in [1.29, 1.82) is 0 Å². The highest BCUT2D eigenvalue weighted by molar-refractivity contribution is 5.83. The molecule has 0 fully saturated rings. The van der Waals surface area contributed by atoms with Crippen LogP contribution in [0.5, 0.6) is 0 Å². The summed E-state index contributed by atoms with van der Waals surface area (Å²) < 4.78 is 0. The zero-order valence-electron chi connectivity index (χ0n) is 8.31. The minimum Gasteiger partial charge on any atom is -0.322 e. The monoisotopic (exact) mass is 171 g/mol. The topological polar surface area (TPSA) is 43.1 Å². The lowest BCUT2D eigenvalue weighted by molar-refractivity contribution is -0.120. The predicted molar refractivity (Wildman–Crippen MR) is 52.0 cm³/mol. The molecule has 2 N–H and O–H groups in total. The largest absolute Gasteiger partial charge is 0.322 e. The molecule has 0 aliphatic heterocycles. The Morgan fingerprint density at radius 3 is 2.42 bits per heavy atom. The molecule has 0 aromatic carbocycles. The lowest BCUT2D eigenvalue weighted by Gasteiger charge is -2.08. The molecule has 0 amide bonds. The van der Waals surface area contributed by atoms with Crippen LogP contribution in [-0.4, -0.2) is 11.8 Å². The van der Waals surface area contributed by atoms with Gasteiger partial charge in [0.15, 0.2) is 0 Å². The molecule has 0 spiro atoms. The molecule has 0 aliphatic carbocycles. The van der Waals surface area contributed by atoms with Crippen LogP contribution in [-0.2, 0) is 4.79 Å². The normalized spacial score (nSPS) is 12.9. The number of rotatable bonds is 7. The maximum atomic E-state index is 11.2. The molecule has 2 nitrogen and oxygen atoms in total. The smallest absolute Gasteiger partial charge is 0.149 e. The fraction of sp³-hybridized carbons (Fsp3) is 0.900. The molecule has 0 aromatic heterocycles. The fourth-order valence-electron chi connectivity index (χ4n) is 1.21. The number of carbonyl (C=O) groups is 1. The van der Waals surface area contributed by atoms with Crippen molar-refractivity contribution in [2.45, 2.75) is 58.4 Å². The Morgan fingerprint density at radius 2 is 1.92 bits per heavy atom. The van der Waals surface area contributed by atoms with E-state index in [0.29, 0.717) is 6.42 Å². The average Bonchev–Trinajstić information content (AvgIpc) is 2.05. The molecule has 1 atom stereocenters. The van der Waals surface area contributed by atoms with E-state index in [9.17, 15) is 4.79 Å². The van der Waals surface area contributed by atoms with E-state index >= 15 is 0 Å². The van der Waals surface area contributed by atoms with Gasteiger partial charge in [0.1, 0.15) is 5.78 Å². The molecule has 0 aromatic rings. The molecule has 0 unspecified atom stereocenters. The summed E-state index contributed by atoms with van der Waals surface area (Å²) in [5, 5.41) is 0. The van der Waals surface area contributed by atoms with Crippen LogP contribution in [0.1, 0.15) is 52.4 Å². The number of nitrogens with two attached hydrogens (primary N) is 1. The molecular weight excluding hydrogens is 150 g/mol. The van der Waals surface area contributed by atoms with Crippen LogP contribution in [0.15, 0.2) is 0 Å². The molecule has 2 heteroatoms. The first-order chi connectivity index (χ1) is 5.72. The molecule has 0 heterocycles. The van der Waals surface area contributed by atoms with Crippen molar-refractivity contribution in [3.05, 3.63) is 0 Å². The summed E-state index contributed by atoms with van der Waals surface area (Å²) in [6.45, 7) is 4.16. The Hall–Kier alpha value is -0.370. The van der Waals surface area contributed by atoms with Gasteiger partial charge in [-0.15, -0.1) is 0 Å². The third-order valence-corrected chi connectivity index (χ3v) is 2.03. The van der Waals surface area contributed by atoms with E-state index in [4.69, 9.17) is 5.73 Å². The van der Waals surface area contributed by atoms with Gasteiger partial charge in [-0.3, -0.25) is 4.79 Å². The Bertz CT molecular complexity index is 123. The number of carbonyl (C=O) groups excluding carboxylic acids is 1. The zero-order valence-corrected chi connectivity index (χ0v) is 8.31. The summed E-state index contributed by atoms with van der Waals surface area (Å²) in [5.74, 6) is 0.230. The van der Waals surface area contributed by atoms with Crippen LogP contribution < -0.4 is 5.73 Å². The van der Waals surface area contributed by atoms with Crippen molar-refractivity contribution in [1.82, 2.24) is 0 Å². The first kappa shape index (κ1) is 11.6.